The molecule has 0 unspecified atom stereocenters. The van der Waals surface area contributed by atoms with E-state index in [0.717, 1.165) is 12.8 Å². The lowest BCUT2D eigenvalue weighted by molar-refractivity contribution is -0.117. The monoisotopic (exact) mass is 442 g/mol. The Morgan fingerprint density at radius 3 is 2.77 bits per heavy atom. The van der Waals surface area contributed by atoms with Crippen molar-refractivity contribution < 1.29 is 22.7 Å². The van der Waals surface area contributed by atoms with Crippen LogP contribution in [-0.2, 0) is 14.8 Å². The van der Waals surface area contributed by atoms with Gasteiger partial charge in [-0.2, -0.15) is 0 Å². The van der Waals surface area contributed by atoms with Crippen molar-refractivity contribution in [1.29, 1.82) is 0 Å². The second-order valence-electron chi connectivity index (χ2n) is 7.40. The Morgan fingerprint density at radius 1 is 1.23 bits per heavy atom. The number of fused-ring (bicyclic) bond motifs is 1. The van der Waals surface area contributed by atoms with Gasteiger partial charge in [0.1, 0.15) is 17.2 Å². The van der Waals surface area contributed by atoms with E-state index < -0.39 is 16.0 Å². The molecular formula is C21H22N4O5S. The van der Waals surface area contributed by atoms with Gasteiger partial charge in [-0.25, -0.2) is 18.2 Å². The van der Waals surface area contributed by atoms with Gasteiger partial charge < -0.3 is 15.0 Å². The fourth-order valence-electron chi connectivity index (χ4n) is 3.10. The summed E-state index contributed by atoms with van der Waals surface area (Å²) in [5.41, 5.74) is 0.931. The van der Waals surface area contributed by atoms with Crippen molar-refractivity contribution in [3.63, 3.8) is 0 Å². The number of benzene rings is 1. The number of nitrogens with one attached hydrogen (secondary N) is 3. The molecule has 0 atom stereocenters. The van der Waals surface area contributed by atoms with E-state index in [1.807, 2.05) is 0 Å². The Kier molecular flexibility index (Phi) is 5.64. The zero-order chi connectivity index (χ0) is 22.0. The molecule has 1 aliphatic carbocycles. The van der Waals surface area contributed by atoms with Gasteiger partial charge in [0, 0.05) is 23.9 Å². The average molecular weight is 442 g/mol. The molecule has 1 aromatic carbocycles. The summed E-state index contributed by atoms with van der Waals surface area (Å²) >= 11 is 0. The first-order valence-electron chi connectivity index (χ1n) is 9.96. The van der Waals surface area contributed by atoms with Gasteiger partial charge in [-0.3, -0.25) is 9.52 Å². The van der Waals surface area contributed by atoms with Crippen LogP contribution in [0.15, 0.2) is 42.6 Å². The Balaban J connectivity index is 1.56. The van der Waals surface area contributed by atoms with Crippen LogP contribution in [0.2, 0.25) is 0 Å². The summed E-state index contributed by atoms with van der Waals surface area (Å²) in [7, 11) is -3.48. The summed E-state index contributed by atoms with van der Waals surface area (Å²) in [4.78, 5) is 32.1. The summed E-state index contributed by atoms with van der Waals surface area (Å²) in [6, 6.07) is 9.30. The number of sulfonamides is 1. The molecule has 162 valence electrons. The van der Waals surface area contributed by atoms with E-state index in [1.54, 1.807) is 31.3 Å². The van der Waals surface area contributed by atoms with Crippen molar-refractivity contribution in [1.82, 2.24) is 9.97 Å². The van der Waals surface area contributed by atoms with Crippen LogP contribution in [-0.4, -0.2) is 36.0 Å². The Bertz CT molecular complexity index is 1250. The van der Waals surface area contributed by atoms with Crippen LogP contribution in [0.4, 0.5) is 11.5 Å². The molecule has 3 aromatic rings. The number of anilines is 2. The topological polar surface area (TPSA) is 130 Å². The number of ether oxygens (including phenoxy) is 1. The predicted octanol–water partition coefficient (Wildman–Crippen LogP) is 3.28. The number of carbonyl (C=O) groups is 2. The molecule has 2 aromatic heterocycles. The number of esters is 1. The summed E-state index contributed by atoms with van der Waals surface area (Å²) in [5.74, 6) is -0.256. The number of rotatable bonds is 8. The average Bonchev–Trinajstić information content (AvgIpc) is 3.46. The fraction of sp³-hybridized carbons (Fsp3) is 0.286. The van der Waals surface area contributed by atoms with Gasteiger partial charge in [-0.15, -0.1) is 0 Å². The molecule has 0 aliphatic heterocycles. The van der Waals surface area contributed by atoms with Gasteiger partial charge in [0.2, 0.25) is 15.9 Å². The van der Waals surface area contributed by atoms with Gasteiger partial charge in [-0.1, -0.05) is 13.0 Å². The van der Waals surface area contributed by atoms with Gasteiger partial charge in [0.05, 0.1) is 16.7 Å². The molecule has 31 heavy (non-hydrogen) atoms. The van der Waals surface area contributed by atoms with Crippen LogP contribution < -0.4 is 14.8 Å². The summed E-state index contributed by atoms with van der Waals surface area (Å²) in [6.45, 7) is 1.77. The minimum atomic E-state index is -3.48. The van der Waals surface area contributed by atoms with Gasteiger partial charge in [0.25, 0.3) is 0 Å². The van der Waals surface area contributed by atoms with Gasteiger partial charge >= 0.3 is 5.97 Å². The Hall–Kier alpha value is -3.40. The molecule has 1 fully saturated rings. The van der Waals surface area contributed by atoms with Crippen LogP contribution in [0.5, 0.6) is 5.75 Å². The third kappa shape index (κ3) is 5.02. The molecular weight excluding hydrogens is 420 g/mol. The van der Waals surface area contributed by atoms with Crippen molar-refractivity contribution in [2.45, 2.75) is 26.2 Å². The zero-order valence-corrected chi connectivity index (χ0v) is 17.7. The van der Waals surface area contributed by atoms with E-state index in [4.69, 9.17) is 4.74 Å². The highest BCUT2D eigenvalue weighted by Gasteiger charge is 2.30. The van der Waals surface area contributed by atoms with Gasteiger partial charge in [0.15, 0.2) is 0 Å². The number of aromatic nitrogens is 2. The highest BCUT2D eigenvalue weighted by Crippen LogP contribution is 2.32. The molecule has 3 N–H and O–H groups in total. The summed E-state index contributed by atoms with van der Waals surface area (Å²) < 4.78 is 32.0. The highest BCUT2D eigenvalue weighted by molar-refractivity contribution is 7.92. The van der Waals surface area contributed by atoms with E-state index in [9.17, 15) is 18.0 Å². The number of hydrogen-bond acceptors (Lipinski definition) is 6. The lowest BCUT2D eigenvalue weighted by atomic mass is 10.2. The SMILES string of the molecule is CCCS(=O)(=O)Nc1cccc(C(=O)Oc2cc(NC(=O)C3CC3)nc3[nH]ccc23)c1. The summed E-state index contributed by atoms with van der Waals surface area (Å²) in [6.07, 6.45) is 3.85. The third-order valence-corrected chi connectivity index (χ3v) is 6.23. The second-order valence-corrected chi connectivity index (χ2v) is 9.24. The number of amides is 1. The maximum atomic E-state index is 12.8. The van der Waals surface area contributed by atoms with E-state index in [0.29, 0.717) is 17.5 Å². The number of nitrogens with zero attached hydrogens (tertiary/aromatic N) is 1. The third-order valence-electron chi connectivity index (χ3n) is 4.74. The minimum absolute atomic E-state index is 0.00589. The Labute approximate surface area is 179 Å². The second kappa shape index (κ2) is 8.38. The van der Waals surface area contributed by atoms with E-state index in [1.165, 1.54) is 18.2 Å². The molecule has 4 rings (SSSR count). The normalized spacial score (nSPS) is 13.7. The van der Waals surface area contributed by atoms with Crippen molar-refractivity contribution in [3.8, 4) is 5.75 Å². The Morgan fingerprint density at radius 2 is 2.03 bits per heavy atom. The lowest BCUT2D eigenvalue weighted by Gasteiger charge is -2.11. The molecule has 1 aliphatic rings. The number of pyridine rings is 1. The van der Waals surface area contributed by atoms with Crippen LogP contribution in [0.1, 0.15) is 36.5 Å². The lowest BCUT2D eigenvalue weighted by Crippen LogP contribution is -2.17. The largest absolute Gasteiger partial charge is 0.422 e. The first-order valence-corrected chi connectivity index (χ1v) is 11.6. The van der Waals surface area contributed by atoms with Crippen molar-refractivity contribution in [2.75, 3.05) is 15.8 Å². The molecule has 0 spiro atoms. The first-order chi connectivity index (χ1) is 14.8. The number of carbonyl (C=O) groups excluding carboxylic acids is 2. The smallest absolute Gasteiger partial charge is 0.343 e. The van der Waals surface area contributed by atoms with Crippen LogP contribution in [0.25, 0.3) is 11.0 Å². The van der Waals surface area contributed by atoms with E-state index in [2.05, 4.69) is 20.0 Å². The molecule has 2 heterocycles. The predicted molar refractivity (Wildman–Crippen MR) is 117 cm³/mol. The standard InChI is InChI=1S/C21H22N4O5S/c1-2-10-31(28,29)25-15-5-3-4-14(11-15)21(27)30-17-12-18(24-20(26)13-6-7-13)23-19-16(17)8-9-22-19/h3-5,8-9,11-13,25H,2,6-7,10H2,1H3,(H2,22,23,24,26). The first kappa shape index (κ1) is 20.9. The fourth-order valence-corrected chi connectivity index (χ4v) is 4.22. The van der Waals surface area contributed by atoms with E-state index in [-0.39, 0.29) is 40.4 Å². The van der Waals surface area contributed by atoms with E-state index >= 15 is 0 Å². The minimum Gasteiger partial charge on any atom is -0.422 e. The highest BCUT2D eigenvalue weighted by atomic mass is 32.2. The molecule has 0 saturated heterocycles. The molecule has 1 amide bonds. The number of aromatic amines is 1. The molecule has 0 radical (unpaired) electrons. The maximum absolute atomic E-state index is 12.8. The van der Waals surface area contributed by atoms with Crippen LogP contribution in [0.3, 0.4) is 0 Å². The van der Waals surface area contributed by atoms with Crippen molar-refractivity contribution in [2.24, 2.45) is 5.92 Å². The van der Waals surface area contributed by atoms with Crippen LogP contribution >= 0.6 is 0 Å². The molecule has 9 nitrogen and oxygen atoms in total. The summed E-state index contributed by atoms with van der Waals surface area (Å²) in [5, 5.41) is 3.33. The molecule has 0 bridgehead atoms. The van der Waals surface area contributed by atoms with Crippen LogP contribution in [0, 0.1) is 5.92 Å². The van der Waals surface area contributed by atoms with Crippen molar-refractivity contribution in [3.05, 3.63) is 48.2 Å². The quantitative estimate of drug-likeness (QED) is 0.459. The van der Waals surface area contributed by atoms with Crippen molar-refractivity contribution >= 4 is 44.4 Å². The zero-order valence-electron chi connectivity index (χ0n) is 16.8. The maximum Gasteiger partial charge on any atom is 0.343 e. The molecule has 1 saturated carbocycles. The number of H-pyrrole nitrogens is 1. The molecule has 10 heteroatoms. The number of hydrogen-bond donors (Lipinski definition) is 3. The van der Waals surface area contributed by atoms with Gasteiger partial charge in [-0.05, 0) is 43.5 Å².